The van der Waals surface area contributed by atoms with Crippen molar-refractivity contribution in [2.75, 3.05) is 0 Å². The number of hydrogen-bond donors (Lipinski definition) is 0. The lowest BCUT2D eigenvalue weighted by Crippen LogP contribution is -2.44. The van der Waals surface area contributed by atoms with Gasteiger partial charge in [-0.05, 0) is 24.1 Å². The summed E-state index contributed by atoms with van der Waals surface area (Å²) in [5.41, 5.74) is 0. The first-order chi connectivity index (χ1) is 8.00. The summed E-state index contributed by atoms with van der Waals surface area (Å²) in [6, 6.07) is 3.35. The van der Waals surface area contributed by atoms with Crippen LogP contribution in [0.25, 0.3) is 0 Å². The molecule has 0 aliphatic carbocycles. The summed E-state index contributed by atoms with van der Waals surface area (Å²) in [6.07, 6.45) is 2.90. The van der Waals surface area contributed by atoms with Crippen LogP contribution in [0.3, 0.4) is 0 Å². The number of carbonyl (C=O) groups excluding carboxylic acids is 1. The van der Waals surface area contributed by atoms with Gasteiger partial charge in [-0.2, -0.15) is 0 Å². The third-order valence-electron chi connectivity index (χ3n) is 3.94. The largest absolute Gasteiger partial charge is 0.413 e. The predicted molar refractivity (Wildman–Crippen MR) is 76.7 cm³/mol. The average molecular weight is 256 g/mol. The molecule has 0 aliphatic heterocycles. The lowest BCUT2D eigenvalue weighted by atomic mass is 9.95. The zero-order valence-corrected chi connectivity index (χ0v) is 13.0. The number of rotatable bonds is 9. The molecule has 0 bridgehead atoms. The number of aldehydes is 1. The second kappa shape index (κ2) is 7.83. The van der Waals surface area contributed by atoms with Crippen LogP contribution >= 0.6 is 0 Å². The summed E-state index contributed by atoms with van der Waals surface area (Å²) in [7, 11) is -1.65. The first-order valence-electron chi connectivity index (χ1n) is 6.75. The lowest BCUT2D eigenvalue weighted by Gasteiger charge is -2.36. The van der Waals surface area contributed by atoms with E-state index >= 15 is 0 Å². The highest BCUT2D eigenvalue weighted by Crippen LogP contribution is 2.28. The molecular weight excluding hydrogens is 228 g/mol. The Hall–Kier alpha value is -0.413. The van der Waals surface area contributed by atoms with Crippen LogP contribution in [0.2, 0.25) is 18.1 Å². The molecule has 0 aromatic heterocycles. The molecule has 0 amide bonds. The predicted octanol–water partition coefficient (Wildman–Crippen LogP) is 4.03. The Balaban J connectivity index is 4.94. The summed E-state index contributed by atoms with van der Waals surface area (Å²) in [5, 5.41) is 0. The first-order valence-corrected chi connectivity index (χ1v) is 9.28. The fourth-order valence-electron chi connectivity index (χ4n) is 2.19. The maximum atomic E-state index is 11.0. The Labute approximate surface area is 108 Å². The number of carbonyl (C=O) groups is 1. The fourth-order valence-corrected chi connectivity index (χ4v) is 5.20. The quantitative estimate of drug-likeness (QED) is 0.354. The maximum Gasteiger partial charge on any atom is 0.192 e. The van der Waals surface area contributed by atoms with Gasteiger partial charge in [-0.25, -0.2) is 0 Å². The van der Waals surface area contributed by atoms with E-state index in [0.29, 0.717) is 0 Å². The van der Waals surface area contributed by atoms with Gasteiger partial charge in [0.15, 0.2) is 8.32 Å². The highest BCUT2D eigenvalue weighted by atomic mass is 28.4. The molecule has 100 valence electrons. The molecule has 0 heterocycles. The van der Waals surface area contributed by atoms with Gasteiger partial charge >= 0.3 is 0 Å². The van der Waals surface area contributed by atoms with Gasteiger partial charge in [0.25, 0.3) is 0 Å². The van der Waals surface area contributed by atoms with Gasteiger partial charge in [0.05, 0.1) is 6.10 Å². The summed E-state index contributed by atoms with van der Waals surface area (Å²) in [5.74, 6) is 0.172. The zero-order chi connectivity index (χ0) is 13.5. The minimum Gasteiger partial charge on any atom is -0.413 e. The molecule has 0 saturated carbocycles. The van der Waals surface area contributed by atoms with E-state index in [-0.39, 0.29) is 17.9 Å². The topological polar surface area (TPSA) is 26.3 Å². The van der Waals surface area contributed by atoms with Crippen LogP contribution < -0.4 is 0 Å². The first kappa shape index (κ1) is 16.6. The van der Waals surface area contributed by atoms with Crippen molar-refractivity contribution in [1.29, 1.82) is 0 Å². The number of hydrogen-bond acceptors (Lipinski definition) is 2. The van der Waals surface area contributed by atoms with E-state index in [9.17, 15) is 4.79 Å². The van der Waals surface area contributed by atoms with Crippen molar-refractivity contribution in [2.45, 2.75) is 58.9 Å². The van der Waals surface area contributed by atoms with Crippen molar-refractivity contribution in [2.24, 2.45) is 11.8 Å². The fraction of sp³-hybridized carbons (Fsp3) is 0.786. The molecule has 0 saturated heterocycles. The molecule has 3 atom stereocenters. The van der Waals surface area contributed by atoms with Crippen LogP contribution in [0.4, 0.5) is 0 Å². The van der Waals surface area contributed by atoms with E-state index < -0.39 is 8.32 Å². The van der Waals surface area contributed by atoms with E-state index in [0.717, 1.165) is 24.4 Å². The Kier molecular flexibility index (Phi) is 7.64. The second-order valence-corrected chi connectivity index (χ2v) is 9.64. The molecule has 17 heavy (non-hydrogen) atoms. The van der Waals surface area contributed by atoms with Gasteiger partial charge in [-0.1, -0.05) is 40.7 Å². The third kappa shape index (κ3) is 4.40. The second-order valence-electron chi connectivity index (χ2n) is 4.92. The highest BCUT2D eigenvalue weighted by Gasteiger charge is 2.35. The molecule has 3 heteroatoms. The van der Waals surface area contributed by atoms with E-state index in [1.54, 1.807) is 0 Å². The van der Waals surface area contributed by atoms with Gasteiger partial charge in [0.1, 0.15) is 6.29 Å². The van der Waals surface area contributed by atoms with E-state index in [4.69, 9.17) is 4.43 Å². The normalized spacial score (nSPS) is 17.2. The van der Waals surface area contributed by atoms with Crippen molar-refractivity contribution >= 4 is 14.6 Å². The van der Waals surface area contributed by atoms with Crippen molar-refractivity contribution in [3.63, 3.8) is 0 Å². The van der Waals surface area contributed by atoms with Crippen molar-refractivity contribution in [3.8, 4) is 0 Å². The lowest BCUT2D eigenvalue weighted by molar-refractivity contribution is -0.113. The standard InChI is InChI=1S/C14H28O2Si/c1-7-12(5)14(13(6)11-15)16-17(8-2,9-3)10-4/h7,11-14H,1,8-10H2,2-6H3/t12-,13+,14-/m1/s1. The summed E-state index contributed by atoms with van der Waals surface area (Å²) < 4.78 is 6.43. The third-order valence-corrected chi connectivity index (χ3v) is 8.58. The smallest absolute Gasteiger partial charge is 0.192 e. The van der Waals surface area contributed by atoms with Crippen molar-refractivity contribution < 1.29 is 9.22 Å². The monoisotopic (exact) mass is 256 g/mol. The van der Waals surface area contributed by atoms with Gasteiger partial charge in [0.2, 0.25) is 0 Å². The molecule has 0 spiro atoms. The van der Waals surface area contributed by atoms with Crippen molar-refractivity contribution in [1.82, 2.24) is 0 Å². The van der Waals surface area contributed by atoms with Crippen LogP contribution in [0, 0.1) is 11.8 Å². The molecule has 0 radical (unpaired) electrons. The Morgan fingerprint density at radius 3 is 1.88 bits per heavy atom. The average Bonchev–Trinajstić information content (AvgIpc) is 2.39. The molecule has 0 unspecified atom stereocenters. The highest BCUT2D eigenvalue weighted by molar-refractivity contribution is 6.73. The van der Waals surface area contributed by atoms with Crippen LogP contribution in [-0.2, 0) is 9.22 Å². The molecule has 0 rings (SSSR count). The van der Waals surface area contributed by atoms with Crippen LogP contribution in [0.5, 0.6) is 0 Å². The summed E-state index contributed by atoms with van der Waals surface area (Å²) in [4.78, 5) is 11.0. The molecule has 0 aliphatic rings. The SMILES string of the molecule is C=C[C@@H](C)[C@@H](O[Si](CC)(CC)CC)[C@@H](C)C=O. The molecular formula is C14H28O2Si. The molecule has 0 N–H and O–H groups in total. The summed E-state index contributed by atoms with van der Waals surface area (Å²) >= 11 is 0. The Morgan fingerprint density at radius 2 is 1.59 bits per heavy atom. The van der Waals surface area contributed by atoms with Crippen LogP contribution in [-0.4, -0.2) is 20.7 Å². The Morgan fingerprint density at radius 1 is 1.12 bits per heavy atom. The molecule has 2 nitrogen and oxygen atoms in total. The minimum absolute atomic E-state index is 0.00323. The van der Waals surface area contributed by atoms with Gasteiger partial charge in [-0.3, -0.25) is 0 Å². The molecule has 0 aromatic rings. The van der Waals surface area contributed by atoms with E-state index in [2.05, 4.69) is 34.3 Å². The molecule has 0 fully saturated rings. The van der Waals surface area contributed by atoms with Gasteiger partial charge in [-0.15, -0.1) is 6.58 Å². The van der Waals surface area contributed by atoms with Crippen LogP contribution in [0.1, 0.15) is 34.6 Å². The Bertz CT molecular complexity index is 214. The van der Waals surface area contributed by atoms with Gasteiger partial charge < -0.3 is 9.22 Å². The van der Waals surface area contributed by atoms with Gasteiger partial charge in [0, 0.05) is 5.92 Å². The maximum absolute atomic E-state index is 11.0. The zero-order valence-electron chi connectivity index (χ0n) is 12.0. The summed E-state index contributed by atoms with van der Waals surface area (Å²) in [6.45, 7) is 14.5. The van der Waals surface area contributed by atoms with E-state index in [1.165, 1.54) is 0 Å². The van der Waals surface area contributed by atoms with Crippen molar-refractivity contribution in [3.05, 3.63) is 12.7 Å². The molecule has 0 aromatic carbocycles. The van der Waals surface area contributed by atoms with E-state index in [1.807, 2.05) is 13.0 Å². The van der Waals surface area contributed by atoms with Crippen LogP contribution in [0.15, 0.2) is 12.7 Å². The minimum atomic E-state index is -1.65.